The van der Waals surface area contributed by atoms with Gasteiger partial charge in [-0.15, -0.1) is 0 Å². The molecule has 2 heterocycles. The second kappa shape index (κ2) is 7.03. The van der Waals surface area contributed by atoms with Crippen LogP contribution in [0.1, 0.15) is 35.5 Å². The van der Waals surface area contributed by atoms with Crippen LogP contribution in [0.5, 0.6) is 0 Å². The topological polar surface area (TPSA) is 96.9 Å². The Kier molecular flexibility index (Phi) is 4.89. The Morgan fingerprint density at radius 2 is 1.89 bits per heavy atom. The van der Waals surface area contributed by atoms with E-state index in [1.807, 2.05) is 13.8 Å². The Hall–Kier alpha value is -3.29. The molecule has 7 nitrogen and oxygen atoms in total. The Morgan fingerprint density at radius 3 is 2.54 bits per heavy atom. The van der Waals surface area contributed by atoms with Crippen molar-refractivity contribution in [2.45, 2.75) is 26.2 Å². The predicted octanol–water partition coefficient (Wildman–Crippen LogP) is 1.78. The first-order valence-electron chi connectivity index (χ1n) is 8.75. The number of aromatic amines is 1. The van der Waals surface area contributed by atoms with Crippen molar-refractivity contribution >= 4 is 16.9 Å². The predicted molar refractivity (Wildman–Crippen MR) is 104 cm³/mol. The molecule has 0 atom stereocenters. The highest BCUT2D eigenvalue weighted by molar-refractivity contribution is 6.05. The molecule has 0 radical (unpaired) electrons. The quantitative estimate of drug-likeness (QED) is 0.717. The fourth-order valence-electron chi connectivity index (χ4n) is 3.04. The van der Waals surface area contributed by atoms with Crippen molar-refractivity contribution in [3.05, 3.63) is 73.8 Å². The van der Waals surface area contributed by atoms with E-state index < -0.39 is 22.6 Å². The lowest BCUT2D eigenvalue weighted by Crippen LogP contribution is -2.38. The van der Waals surface area contributed by atoms with E-state index in [4.69, 9.17) is 0 Å². The molecule has 0 fully saturated rings. The van der Waals surface area contributed by atoms with Gasteiger partial charge in [0.1, 0.15) is 11.5 Å². The second-order valence-corrected chi connectivity index (χ2v) is 7.40. The molecule has 146 valence electrons. The number of rotatable bonds is 4. The SMILES string of the molecule is Cc1cc(C(=O)NCC(C)(C)c2ccc(F)cc2)c2c(=O)[nH]c(=O)n(C)c2n1. The fraction of sp³-hybridized carbons (Fsp3) is 0.300. The van der Waals surface area contributed by atoms with Crippen LogP contribution >= 0.6 is 0 Å². The number of H-pyrrole nitrogens is 1. The van der Waals surface area contributed by atoms with Gasteiger partial charge in [0.05, 0.1) is 10.9 Å². The summed E-state index contributed by atoms with van der Waals surface area (Å²) in [5.74, 6) is -0.776. The molecule has 8 heteroatoms. The zero-order valence-electron chi connectivity index (χ0n) is 16.1. The number of nitrogens with zero attached hydrogens (tertiary/aromatic N) is 2. The summed E-state index contributed by atoms with van der Waals surface area (Å²) in [5.41, 5.74) is -0.0410. The molecule has 0 bridgehead atoms. The first-order valence-corrected chi connectivity index (χ1v) is 8.75. The average Bonchev–Trinajstić information content (AvgIpc) is 2.64. The van der Waals surface area contributed by atoms with Gasteiger partial charge in [0.25, 0.3) is 11.5 Å². The molecule has 0 saturated heterocycles. The number of benzene rings is 1. The number of amides is 1. The number of hydrogen-bond acceptors (Lipinski definition) is 4. The number of aromatic nitrogens is 3. The van der Waals surface area contributed by atoms with Crippen LogP contribution in [-0.2, 0) is 12.5 Å². The van der Waals surface area contributed by atoms with Crippen LogP contribution in [0.3, 0.4) is 0 Å². The highest BCUT2D eigenvalue weighted by Crippen LogP contribution is 2.23. The van der Waals surface area contributed by atoms with Gasteiger partial charge in [-0.1, -0.05) is 26.0 Å². The second-order valence-electron chi connectivity index (χ2n) is 7.40. The van der Waals surface area contributed by atoms with Gasteiger partial charge in [0, 0.05) is 24.7 Å². The van der Waals surface area contributed by atoms with Gasteiger partial charge in [-0.2, -0.15) is 0 Å². The Balaban J connectivity index is 1.96. The molecule has 0 saturated carbocycles. The highest BCUT2D eigenvalue weighted by Gasteiger charge is 2.23. The zero-order chi connectivity index (χ0) is 20.6. The van der Waals surface area contributed by atoms with E-state index >= 15 is 0 Å². The van der Waals surface area contributed by atoms with Gasteiger partial charge in [-0.3, -0.25) is 19.1 Å². The number of halogens is 1. The molecule has 2 N–H and O–H groups in total. The molecule has 0 aliphatic heterocycles. The van der Waals surface area contributed by atoms with E-state index in [1.165, 1.54) is 29.8 Å². The van der Waals surface area contributed by atoms with Gasteiger partial charge in [0.2, 0.25) is 0 Å². The third kappa shape index (κ3) is 3.58. The van der Waals surface area contributed by atoms with E-state index in [0.29, 0.717) is 5.69 Å². The van der Waals surface area contributed by atoms with Crippen molar-refractivity contribution in [3.63, 3.8) is 0 Å². The van der Waals surface area contributed by atoms with E-state index in [0.717, 1.165) is 5.56 Å². The molecular weight excluding hydrogens is 363 g/mol. The van der Waals surface area contributed by atoms with Crippen molar-refractivity contribution in [2.24, 2.45) is 7.05 Å². The first-order chi connectivity index (χ1) is 13.1. The van der Waals surface area contributed by atoms with E-state index in [9.17, 15) is 18.8 Å². The Morgan fingerprint density at radius 1 is 1.25 bits per heavy atom. The molecule has 28 heavy (non-hydrogen) atoms. The maximum Gasteiger partial charge on any atom is 0.329 e. The average molecular weight is 384 g/mol. The molecule has 0 aliphatic rings. The standard InChI is InChI=1S/C20H21FN4O3/c1-11-9-14(15-16(23-11)25(4)19(28)24-18(15)27)17(26)22-10-20(2,3)12-5-7-13(21)8-6-12/h5-9H,10H2,1-4H3,(H,22,26)(H,24,27,28). The number of nitrogens with one attached hydrogen (secondary N) is 2. The van der Waals surface area contributed by atoms with Gasteiger partial charge in [0.15, 0.2) is 0 Å². The zero-order valence-corrected chi connectivity index (χ0v) is 16.1. The minimum Gasteiger partial charge on any atom is -0.351 e. The molecule has 3 aromatic rings. The molecule has 0 unspecified atom stereocenters. The summed E-state index contributed by atoms with van der Waals surface area (Å²) in [6.45, 7) is 5.80. The number of aryl methyl sites for hydroxylation is 2. The summed E-state index contributed by atoms with van der Waals surface area (Å²) in [7, 11) is 1.48. The first kappa shape index (κ1) is 19.5. The van der Waals surface area contributed by atoms with Crippen molar-refractivity contribution in [1.29, 1.82) is 0 Å². The van der Waals surface area contributed by atoms with E-state index in [-0.39, 0.29) is 29.0 Å². The summed E-state index contributed by atoms with van der Waals surface area (Å²) in [6, 6.07) is 7.61. The maximum absolute atomic E-state index is 13.2. The highest BCUT2D eigenvalue weighted by atomic mass is 19.1. The molecular formula is C20H21FN4O3. The number of hydrogen-bond donors (Lipinski definition) is 2. The molecule has 1 aromatic carbocycles. The summed E-state index contributed by atoms with van der Waals surface area (Å²) in [4.78, 5) is 43.4. The van der Waals surface area contributed by atoms with Crippen LogP contribution in [0.4, 0.5) is 4.39 Å². The molecule has 0 aliphatic carbocycles. The minimum absolute atomic E-state index is 0.0600. The third-order valence-corrected chi connectivity index (χ3v) is 4.76. The van der Waals surface area contributed by atoms with E-state index in [1.54, 1.807) is 19.1 Å². The van der Waals surface area contributed by atoms with Crippen molar-refractivity contribution in [3.8, 4) is 0 Å². The number of pyridine rings is 1. The summed E-state index contributed by atoms with van der Waals surface area (Å²) >= 11 is 0. The van der Waals surface area contributed by atoms with Crippen molar-refractivity contribution in [2.75, 3.05) is 6.54 Å². The van der Waals surface area contributed by atoms with Crippen LogP contribution in [0.15, 0.2) is 39.9 Å². The minimum atomic E-state index is -0.659. The maximum atomic E-state index is 13.2. The number of fused-ring (bicyclic) bond motifs is 1. The normalized spacial score (nSPS) is 11.6. The summed E-state index contributed by atoms with van der Waals surface area (Å²) in [6.07, 6.45) is 0. The lowest BCUT2D eigenvalue weighted by molar-refractivity contribution is 0.0947. The lowest BCUT2D eigenvalue weighted by atomic mass is 9.84. The van der Waals surface area contributed by atoms with Gasteiger partial charge in [-0.25, -0.2) is 14.2 Å². The molecule has 3 rings (SSSR count). The van der Waals surface area contributed by atoms with Crippen LogP contribution in [-0.4, -0.2) is 27.0 Å². The molecule has 0 spiro atoms. The van der Waals surface area contributed by atoms with Crippen LogP contribution < -0.4 is 16.6 Å². The number of carbonyl (C=O) groups is 1. The van der Waals surface area contributed by atoms with Crippen LogP contribution in [0.2, 0.25) is 0 Å². The van der Waals surface area contributed by atoms with Crippen LogP contribution in [0.25, 0.3) is 11.0 Å². The van der Waals surface area contributed by atoms with Crippen LogP contribution in [0, 0.1) is 12.7 Å². The van der Waals surface area contributed by atoms with Crippen molar-refractivity contribution < 1.29 is 9.18 Å². The van der Waals surface area contributed by atoms with Gasteiger partial charge < -0.3 is 5.32 Å². The summed E-state index contributed by atoms with van der Waals surface area (Å²) in [5, 5.41) is 2.89. The summed E-state index contributed by atoms with van der Waals surface area (Å²) < 4.78 is 14.4. The third-order valence-electron chi connectivity index (χ3n) is 4.76. The van der Waals surface area contributed by atoms with Crippen molar-refractivity contribution in [1.82, 2.24) is 19.9 Å². The van der Waals surface area contributed by atoms with Gasteiger partial charge in [-0.05, 0) is 30.7 Å². The molecule has 2 aromatic heterocycles. The largest absolute Gasteiger partial charge is 0.351 e. The Labute approximate surface area is 160 Å². The monoisotopic (exact) mass is 384 g/mol. The fourth-order valence-corrected chi connectivity index (χ4v) is 3.04. The molecule has 1 amide bonds. The number of carbonyl (C=O) groups excluding carboxylic acids is 1. The smallest absolute Gasteiger partial charge is 0.329 e. The van der Waals surface area contributed by atoms with Gasteiger partial charge >= 0.3 is 5.69 Å². The lowest BCUT2D eigenvalue weighted by Gasteiger charge is -2.25. The van der Waals surface area contributed by atoms with E-state index in [2.05, 4.69) is 15.3 Å². The Bertz CT molecular complexity index is 1180.